The van der Waals surface area contributed by atoms with Crippen molar-refractivity contribution in [3.63, 3.8) is 0 Å². The fourth-order valence-electron chi connectivity index (χ4n) is 5.20. The van der Waals surface area contributed by atoms with E-state index in [1.807, 2.05) is 0 Å². The quantitative estimate of drug-likeness (QED) is 0.0992. The molecule has 9 N–H and O–H groups in total. The minimum absolute atomic E-state index is 0.0533. The number of aliphatic hydroxyl groups is 1. The third kappa shape index (κ3) is 6.79. The summed E-state index contributed by atoms with van der Waals surface area (Å²) in [5.74, 6) is -4.30. The van der Waals surface area contributed by atoms with Crippen LogP contribution in [0.1, 0.15) is 25.3 Å². The number of fused-ring (bicyclic) bond motifs is 2. The molecular formula is C21H26F2N10O10P2S2. The lowest BCUT2D eigenvalue weighted by molar-refractivity contribution is -0.143. The molecule has 0 amide bonds. The zero-order valence-corrected chi connectivity index (χ0v) is 27.0. The topological polar surface area (TPSA) is 287 Å². The number of nitrogens with zero attached hydrogens (tertiary/aromatic N) is 8. The Bertz CT molecular complexity index is 1920. The van der Waals surface area contributed by atoms with E-state index < -0.39 is 81.7 Å². The summed E-state index contributed by atoms with van der Waals surface area (Å²) < 4.78 is 60.3. The first-order valence-electron chi connectivity index (χ1n) is 13.3. The van der Waals surface area contributed by atoms with Gasteiger partial charge in [0.2, 0.25) is 11.8 Å². The Labute approximate surface area is 271 Å². The SMILES string of the molecule is Nc1nc(O)c2ncn([C@H]3CC(F)(F)[C@@H](COP(O)(=S)O[C@H]4C[C@H](n5cnc6c(N)ncnc65)OC4(CO)COP(O)(O)=S)O3)c2n1. The lowest BCUT2D eigenvalue weighted by Crippen LogP contribution is -2.48. The highest BCUT2D eigenvalue weighted by Gasteiger charge is 2.55. The summed E-state index contributed by atoms with van der Waals surface area (Å²) in [5, 5.41) is 20.4. The van der Waals surface area contributed by atoms with Crippen LogP contribution in [0.2, 0.25) is 0 Å². The molecule has 4 aromatic heterocycles. The molecule has 0 aromatic carbocycles. The molecule has 2 saturated heterocycles. The maximum atomic E-state index is 15.1. The van der Waals surface area contributed by atoms with Crippen LogP contribution < -0.4 is 11.5 Å². The van der Waals surface area contributed by atoms with E-state index in [2.05, 4.69) is 41.7 Å². The molecule has 2 unspecified atom stereocenters. The molecule has 26 heteroatoms. The van der Waals surface area contributed by atoms with Gasteiger partial charge in [0.1, 0.15) is 42.1 Å². The Morgan fingerprint density at radius 2 is 1.70 bits per heavy atom. The lowest BCUT2D eigenvalue weighted by atomic mass is 9.99. The Kier molecular flexibility index (Phi) is 8.96. The molecule has 0 spiro atoms. The van der Waals surface area contributed by atoms with Crippen LogP contribution in [0.25, 0.3) is 22.3 Å². The molecule has 2 fully saturated rings. The van der Waals surface area contributed by atoms with Gasteiger partial charge in [0.05, 0.1) is 38.9 Å². The van der Waals surface area contributed by atoms with Crippen LogP contribution in [0, 0.1) is 0 Å². The number of hydrogen-bond acceptors (Lipinski definition) is 17. The van der Waals surface area contributed by atoms with Gasteiger partial charge in [0.15, 0.2) is 22.6 Å². The van der Waals surface area contributed by atoms with Gasteiger partial charge < -0.3 is 59.4 Å². The number of aliphatic hydroxyl groups excluding tert-OH is 1. The zero-order valence-electron chi connectivity index (χ0n) is 23.6. The Morgan fingerprint density at radius 1 is 1.00 bits per heavy atom. The van der Waals surface area contributed by atoms with Crippen LogP contribution in [0.15, 0.2) is 19.0 Å². The standard InChI is InChI=1S/C21H26F2N10O10P2S2/c22-21(23)2-12(33-8-29-14-17(33)30-19(25)31-18(14)35)41-10(21)3-39-45(38,47)43-9-1-11(42-20(9,4-34)5-40-44(36,37)46)32-7-28-13-15(24)26-6-27-16(13)32/h6-12,34H,1-5H2,(H,38,47)(H2,24,26,27)(H2,36,37,46)(H3,25,30,31,35)/t9-,10+,11+,12+,20?,45?/m0/s1. The molecule has 0 bridgehead atoms. The Hall–Kier alpha value is -2.70. The molecular weight excluding hydrogens is 716 g/mol. The number of ether oxygens (including phenoxy) is 2. The predicted octanol–water partition coefficient (Wildman–Crippen LogP) is -0.0467. The third-order valence-corrected chi connectivity index (χ3v) is 9.79. The summed E-state index contributed by atoms with van der Waals surface area (Å²) in [6, 6.07) is 0. The van der Waals surface area contributed by atoms with Gasteiger partial charge in [0.25, 0.3) is 5.92 Å². The van der Waals surface area contributed by atoms with Crippen molar-refractivity contribution in [3.8, 4) is 5.88 Å². The molecule has 4 aromatic rings. The fraction of sp³-hybridized carbons (Fsp3) is 0.524. The van der Waals surface area contributed by atoms with Crippen LogP contribution in [0.5, 0.6) is 5.88 Å². The summed E-state index contributed by atoms with van der Waals surface area (Å²) in [6.07, 6.45) is -3.12. The zero-order chi connectivity index (χ0) is 33.9. The molecule has 6 rings (SSSR count). The molecule has 2 aliphatic heterocycles. The van der Waals surface area contributed by atoms with Gasteiger partial charge in [-0.3, -0.25) is 9.13 Å². The largest absolute Gasteiger partial charge is 0.492 e. The second kappa shape index (κ2) is 12.3. The van der Waals surface area contributed by atoms with E-state index in [1.54, 1.807) is 0 Å². The minimum Gasteiger partial charge on any atom is -0.492 e. The fourth-order valence-corrected chi connectivity index (χ4v) is 7.22. The highest BCUT2D eigenvalue weighted by Crippen LogP contribution is 2.54. The molecule has 6 atom stereocenters. The van der Waals surface area contributed by atoms with E-state index in [0.29, 0.717) is 0 Å². The number of rotatable bonds is 11. The van der Waals surface area contributed by atoms with E-state index in [1.165, 1.54) is 17.2 Å². The van der Waals surface area contributed by atoms with Gasteiger partial charge >= 0.3 is 13.4 Å². The van der Waals surface area contributed by atoms with Crippen molar-refractivity contribution in [3.05, 3.63) is 19.0 Å². The number of hydrogen-bond donors (Lipinski definition) is 7. The maximum absolute atomic E-state index is 15.1. The second-order valence-electron chi connectivity index (χ2n) is 10.5. The first-order valence-corrected chi connectivity index (χ1v) is 18.5. The van der Waals surface area contributed by atoms with Gasteiger partial charge in [-0.05, 0) is 23.6 Å². The van der Waals surface area contributed by atoms with E-state index in [9.17, 15) is 24.9 Å². The smallest absolute Gasteiger partial charge is 0.324 e. The highest BCUT2D eigenvalue weighted by molar-refractivity contribution is 8.07. The Balaban J connectivity index is 1.20. The third-order valence-electron chi connectivity index (χ3n) is 7.43. The summed E-state index contributed by atoms with van der Waals surface area (Å²) in [7, 11) is 0. The molecule has 2 aliphatic rings. The summed E-state index contributed by atoms with van der Waals surface area (Å²) >= 11 is 9.66. The van der Waals surface area contributed by atoms with Crippen LogP contribution in [-0.4, -0.2) is 107 Å². The molecule has 20 nitrogen and oxygen atoms in total. The van der Waals surface area contributed by atoms with Crippen LogP contribution in [-0.2, 0) is 46.7 Å². The van der Waals surface area contributed by atoms with E-state index in [4.69, 9.17) is 46.3 Å². The predicted molar refractivity (Wildman–Crippen MR) is 161 cm³/mol. The molecule has 256 valence electrons. The number of halogens is 2. The average molecular weight is 743 g/mol. The number of nitrogen functional groups attached to an aromatic ring is 2. The van der Waals surface area contributed by atoms with Gasteiger partial charge in [-0.15, -0.1) is 0 Å². The summed E-state index contributed by atoms with van der Waals surface area (Å²) in [4.78, 5) is 54.0. The van der Waals surface area contributed by atoms with E-state index >= 15 is 8.78 Å². The number of imidazole rings is 2. The number of nitrogens with two attached hydrogens (primary N) is 2. The second-order valence-corrected chi connectivity index (χ2v) is 16.0. The first kappa shape index (κ1) is 34.2. The van der Waals surface area contributed by atoms with Crippen molar-refractivity contribution in [2.24, 2.45) is 0 Å². The van der Waals surface area contributed by atoms with Crippen LogP contribution in [0.4, 0.5) is 20.5 Å². The Morgan fingerprint density at radius 3 is 2.40 bits per heavy atom. The average Bonchev–Trinajstić information content (AvgIpc) is 3.74. The van der Waals surface area contributed by atoms with Gasteiger partial charge in [0, 0.05) is 6.42 Å². The molecule has 47 heavy (non-hydrogen) atoms. The molecule has 0 saturated carbocycles. The van der Waals surface area contributed by atoms with E-state index in [0.717, 1.165) is 10.9 Å². The number of anilines is 2. The number of alkyl halides is 2. The van der Waals surface area contributed by atoms with Gasteiger partial charge in [-0.1, -0.05) is 0 Å². The van der Waals surface area contributed by atoms with Crippen molar-refractivity contribution in [1.29, 1.82) is 0 Å². The van der Waals surface area contributed by atoms with Crippen molar-refractivity contribution >= 4 is 71.1 Å². The molecule has 6 heterocycles. The van der Waals surface area contributed by atoms with Crippen LogP contribution >= 0.6 is 13.4 Å². The normalized spacial score (nSPS) is 27.5. The first-order chi connectivity index (χ1) is 22.0. The lowest BCUT2D eigenvalue weighted by Gasteiger charge is -2.34. The monoisotopic (exact) mass is 742 g/mol. The number of aromatic nitrogens is 8. The van der Waals surface area contributed by atoms with Gasteiger partial charge in [-0.2, -0.15) is 9.97 Å². The molecule has 0 aliphatic carbocycles. The maximum Gasteiger partial charge on any atom is 0.324 e. The minimum atomic E-state index is -4.43. The van der Waals surface area contributed by atoms with E-state index in [-0.39, 0.29) is 40.5 Å². The summed E-state index contributed by atoms with van der Waals surface area (Å²) in [6.45, 7) is -11.3. The van der Waals surface area contributed by atoms with Crippen molar-refractivity contribution < 1.29 is 56.7 Å². The van der Waals surface area contributed by atoms with Crippen molar-refractivity contribution in [1.82, 2.24) is 39.0 Å². The summed E-state index contributed by atoms with van der Waals surface area (Å²) in [5.41, 5.74) is 9.83. The van der Waals surface area contributed by atoms with Crippen molar-refractivity contribution in [2.75, 3.05) is 31.3 Å². The van der Waals surface area contributed by atoms with Crippen molar-refractivity contribution in [2.45, 2.75) is 49.0 Å². The van der Waals surface area contributed by atoms with Gasteiger partial charge in [-0.25, -0.2) is 28.7 Å². The highest BCUT2D eigenvalue weighted by atomic mass is 32.5. The molecule has 0 radical (unpaired) electrons. The number of aromatic hydroxyl groups is 1. The van der Waals surface area contributed by atoms with Crippen LogP contribution in [0.3, 0.4) is 0 Å².